The van der Waals surface area contributed by atoms with Gasteiger partial charge in [0.1, 0.15) is 17.9 Å². The molecule has 4 nitrogen and oxygen atoms in total. The summed E-state index contributed by atoms with van der Waals surface area (Å²) in [5.41, 5.74) is 2.29. The Bertz CT molecular complexity index is 817. The Kier molecular flexibility index (Phi) is 3.83. The van der Waals surface area contributed by atoms with Gasteiger partial charge in [-0.15, -0.1) is 0 Å². The van der Waals surface area contributed by atoms with Crippen LogP contribution in [0.15, 0.2) is 52.9 Å². The molecular weight excluding hydrogens is 280 g/mol. The van der Waals surface area contributed by atoms with Crippen molar-refractivity contribution in [3.63, 3.8) is 0 Å². The van der Waals surface area contributed by atoms with Crippen LogP contribution in [0.1, 0.15) is 21.7 Å². The lowest BCUT2D eigenvalue weighted by Gasteiger charge is -2.08. The fourth-order valence-electron chi connectivity index (χ4n) is 2.40. The maximum absolute atomic E-state index is 12.3. The number of carbonyl (C=O) groups excluding carboxylic acids is 1. The molecule has 112 valence electrons. The molecule has 22 heavy (non-hydrogen) atoms. The van der Waals surface area contributed by atoms with E-state index >= 15 is 0 Å². The van der Waals surface area contributed by atoms with Gasteiger partial charge < -0.3 is 13.9 Å². The fraction of sp³-hybridized carbons (Fsp3) is 0.167. The van der Waals surface area contributed by atoms with Gasteiger partial charge in [-0.3, -0.25) is 0 Å². The first-order valence-electron chi connectivity index (χ1n) is 6.98. The molecule has 4 heteroatoms. The van der Waals surface area contributed by atoms with Crippen molar-refractivity contribution >= 4 is 16.9 Å². The molecule has 0 radical (unpaired) electrons. The summed E-state index contributed by atoms with van der Waals surface area (Å²) in [6.07, 6.45) is 0. The predicted molar refractivity (Wildman–Crippen MR) is 83.1 cm³/mol. The molecule has 2 aromatic carbocycles. The first-order chi connectivity index (χ1) is 10.7. The van der Waals surface area contributed by atoms with Crippen molar-refractivity contribution in [2.24, 2.45) is 0 Å². The maximum atomic E-state index is 12.3. The van der Waals surface area contributed by atoms with E-state index in [0.717, 1.165) is 16.5 Å². The van der Waals surface area contributed by atoms with Crippen molar-refractivity contribution in [2.45, 2.75) is 13.5 Å². The molecule has 0 atom stereocenters. The van der Waals surface area contributed by atoms with Crippen LogP contribution in [-0.4, -0.2) is 13.1 Å². The molecule has 0 aliphatic carbocycles. The van der Waals surface area contributed by atoms with Crippen LogP contribution in [0.4, 0.5) is 0 Å². The summed E-state index contributed by atoms with van der Waals surface area (Å²) in [4.78, 5) is 12.3. The van der Waals surface area contributed by atoms with Gasteiger partial charge in [-0.25, -0.2) is 4.79 Å². The van der Waals surface area contributed by atoms with Crippen molar-refractivity contribution in [3.05, 3.63) is 65.4 Å². The number of ether oxygens (including phenoxy) is 2. The molecule has 0 unspecified atom stereocenters. The second kappa shape index (κ2) is 5.93. The van der Waals surface area contributed by atoms with E-state index in [9.17, 15) is 4.79 Å². The number of methoxy groups -OCH3 is 1. The van der Waals surface area contributed by atoms with Crippen LogP contribution in [0, 0.1) is 6.92 Å². The van der Waals surface area contributed by atoms with E-state index in [2.05, 4.69) is 0 Å². The molecule has 0 bridgehead atoms. The highest BCUT2D eigenvalue weighted by Crippen LogP contribution is 2.26. The molecule has 0 aliphatic rings. The van der Waals surface area contributed by atoms with Crippen molar-refractivity contribution in [3.8, 4) is 5.75 Å². The third-order valence-electron chi connectivity index (χ3n) is 3.58. The zero-order valence-electron chi connectivity index (χ0n) is 12.5. The zero-order valence-corrected chi connectivity index (χ0v) is 12.5. The molecule has 0 saturated heterocycles. The van der Waals surface area contributed by atoms with Gasteiger partial charge in [0.2, 0.25) is 5.76 Å². The summed E-state index contributed by atoms with van der Waals surface area (Å²) < 4.78 is 16.2. The lowest BCUT2D eigenvalue weighted by atomic mass is 10.1. The topological polar surface area (TPSA) is 48.7 Å². The lowest BCUT2D eigenvalue weighted by Crippen LogP contribution is -2.06. The smallest absolute Gasteiger partial charge is 0.374 e. The van der Waals surface area contributed by atoms with Gasteiger partial charge in [-0.05, 0) is 19.1 Å². The molecule has 3 aromatic rings. The predicted octanol–water partition coefficient (Wildman–Crippen LogP) is 4.11. The van der Waals surface area contributed by atoms with E-state index in [1.165, 1.54) is 0 Å². The summed E-state index contributed by atoms with van der Waals surface area (Å²) >= 11 is 0. The number of fused-ring (bicyclic) bond motifs is 1. The van der Waals surface area contributed by atoms with Crippen LogP contribution in [0.5, 0.6) is 5.75 Å². The van der Waals surface area contributed by atoms with Crippen LogP contribution in [0.3, 0.4) is 0 Å². The highest BCUT2D eigenvalue weighted by atomic mass is 16.5. The first kappa shape index (κ1) is 14.2. The van der Waals surface area contributed by atoms with Gasteiger partial charge in [0.05, 0.1) is 7.11 Å². The monoisotopic (exact) mass is 296 g/mol. The van der Waals surface area contributed by atoms with Crippen LogP contribution in [0.25, 0.3) is 11.0 Å². The van der Waals surface area contributed by atoms with Crippen molar-refractivity contribution in [2.75, 3.05) is 7.11 Å². The second-order valence-electron chi connectivity index (χ2n) is 4.94. The van der Waals surface area contributed by atoms with E-state index in [4.69, 9.17) is 13.9 Å². The highest BCUT2D eigenvalue weighted by molar-refractivity contribution is 5.95. The molecule has 3 rings (SSSR count). The minimum absolute atomic E-state index is 0.138. The maximum Gasteiger partial charge on any atom is 0.374 e. The molecular formula is C18H16O4. The number of rotatable bonds is 4. The molecule has 0 spiro atoms. The number of benzene rings is 2. The van der Waals surface area contributed by atoms with E-state index < -0.39 is 5.97 Å². The number of hydrogen-bond donors (Lipinski definition) is 0. The van der Waals surface area contributed by atoms with Crippen molar-refractivity contribution in [1.29, 1.82) is 0 Å². The van der Waals surface area contributed by atoms with E-state index in [1.54, 1.807) is 7.11 Å². The SMILES string of the molecule is COc1ccccc1COC(=O)c1oc2ccccc2c1C. The molecule has 0 N–H and O–H groups in total. The number of furan rings is 1. The Balaban J connectivity index is 1.80. The standard InChI is InChI=1S/C18H16O4/c1-12-14-8-4-6-10-16(14)22-17(12)18(19)21-11-13-7-3-5-9-15(13)20-2/h3-10H,11H2,1-2H3. The number of hydrogen-bond acceptors (Lipinski definition) is 4. The Morgan fingerprint density at radius 1 is 1.09 bits per heavy atom. The Morgan fingerprint density at radius 2 is 1.82 bits per heavy atom. The third kappa shape index (κ3) is 2.55. The van der Waals surface area contributed by atoms with E-state index in [1.807, 2.05) is 55.5 Å². The molecule has 0 aliphatic heterocycles. The summed E-state index contributed by atoms with van der Waals surface area (Å²) in [5, 5.41) is 0.923. The Hall–Kier alpha value is -2.75. The van der Waals surface area contributed by atoms with Gasteiger partial charge in [0.15, 0.2) is 0 Å². The summed E-state index contributed by atoms with van der Waals surface area (Å²) in [7, 11) is 1.59. The molecule has 1 aromatic heterocycles. The summed E-state index contributed by atoms with van der Waals surface area (Å²) in [5.74, 6) is 0.465. The number of esters is 1. The minimum atomic E-state index is -0.473. The molecule has 0 fully saturated rings. The number of aryl methyl sites for hydroxylation is 1. The average molecular weight is 296 g/mol. The molecule has 1 heterocycles. The van der Waals surface area contributed by atoms with E-state index in [-0.39, 0.29) is 12.4 Å². The van der Waals surface area contributed by atoms with Gasteiger partial charge in [0, 0.05) is 16.5 Å². The minimum Gasteiger partial charge on any atom is -0.496 e. The van der Waals surface area contributed by atoms with Crippen LogP contribution >= 0.6 is 0 Å². The third-order valence-corrected chi connectivity index (χ3v) is 3.58. The highest BCUT2D eigenvalue weighted by Gasteiger charge is 2.19. The number of carbonyl (C=O) groups is 1. The molecule has 0 saturated carbocycles. The van der Waals surface area contributed by atoms with Gasteiger partial charge in [-0.2, -0.15) is 0 Å². The number of para-hydroxylation sites is 2. The lowest BCUT2D eigenvalue weighted by molar-refractivity contribution is 0.0435. The first-order valence-corrected chi connectivity index (χ1v) is 6.98. The summed E-state index contributed by atoms with van der Waals surface area (Å²) in [6, 6.07) is 15.0. The van der Waals surface area contributed by atoms with Gasteiger partial charge in [-0.1, -0.05) is 36.4 Å². The summed E-state index contributed by atoms with van der Waals surface area (Å²) in [6.45, 7) is 1.99. The largest absolute Gasteiger partial charge is 0.496 e. The van der Waals surface area contributed by atoms with Crippen molar-refractivity contribution in [1.82, 2.24) is 0 Å². The van der Waals surface area contributed by atoms with Gasteiger partial charge >= 0.3 is 5.97 Å². The van der Waals surface area contributed by atoms with Crippen LogP contribution in [-0.2, 0) is 11.3 Å². The second-order valence-corrected chi connectivity index (χ2v) is 4.94. The zero-order chi connectivity index (χ0) is 15.5. The quantitative estimate of drug-likeness (QED) is 0.680. The van der Waals surface area contributed by atoms with Crippen molar-refractivity contribution < 1.29 is 18.7 Å². The molecule has 0 amide bonds. The Labute approximate surface area is 128 Å². The van der Waals surface area contributed by atoms with Gasteiger partial charge in [0.25, 0.3) is 0 Å². The van der Waals surface area contributed by atoms with E-state index in [0.29, 0.717) is 11.3 Å². The van der Waals surface area contributed by atoms with Crippen LogP contribution in [0.2, 0.25) is 0 Å². The average Bonchev–Trinajstić information content (AvgIpc) is 2.90. The Morgan fingerprint density at radius 3 is 2.59 bits per heavy atom. The fourth-order valence-corrected chi connectivity index (χ4v) is 2.40. The normalized spacial score (nSPS) is 10.6. The van der Waals surface area contributed by atoms with Crippen LogP contribution < -0.4 is 4.74 Å².